The highest BCUT2D eigenvalue weighted by Crippen LogP contribution is 2.30. The van der Waals surface area contributed by atoms with Crippen LogP contribution in [-0.2, 0) is 21.2 Å². The molecule has 1 aromatic carbocycles. The van der Waals surface area contributed by atoms with Gasteiger partial charge < -0.3 is 10.0 Å². The predicted molar refractivity (Wildman–Crippen MR) is 80.1 cm³/mol. The summed E-state index contributed by atoms with van der Waals surface area (Å²) >= 11 is 0. The van der Waals surface area contributed by atoms with Crippen LogP contribution in [0.15, 0.2) is 23.1 Å². The van der Waals surface area contributed by atoms with Gasteiger partial charge in [-0.15, -0.1) is 0 Å². The van der Waals surface area contributed by atoms with Gasteiger partial charge in [0.05, 0.1) is 4.90 Å². The Morgan fingerprint density at radius 2 is 2.19 bits per heavy atom. The molecule has 1 heterocycles. The van der Waals surface area contributed by atoms with Gasteiger partial charge in [0.15, 0.2) is 0 Å². The summed E-state index contributed by atoms with van der Waals surface area (Å²) in [5.41, 5.74) is 2.01. The Labute approximate surface area is 124 Å². The van der Waals surface area contributed by atoms with Gasteiger partial charge in [0.1, 0.15) is 0 Å². The molecule has 116 valence electrons. The van der Waals surface area contributed by atoms with Crippen LogP contribution in [0.25, 0.3) is 0 Å². The highest BCUT2D eigenvalue weighted by atomic mass is 32.2. The Hall–Kier alpha value is -1.60. The first-order chi connectivity index (χ1) is 9.94. The lowest BCUT2D eigenvalue weighted by atomic mass is 10.2. The first-order valence-electron chi connectivity index (χ1n) is 7.03. The molecule has 0 saturated carbocycles. The molecule has 0 aromatic heterocycles. The number of carbonyl (C=O) groups is 1. The zero-order chi connectivity index (χ0) is 15.5. The maximum atomic E-state index is 12.0. The Balaban J connectivity index is 2.17. The standard InChI is InChI=1S/C14H20N2O4S/c1-2-15-21(19,20)12-6-5-11-7-9-16(13(11)10-12)8-3-4-14(17)18/h5-6,10,15H,2-4,7-9H2,1H3,(H,17,18). The summed E-state index contributed by atoms with van der Waals surface area (Å²) in [5.74, 6) is -0.808. The Kier molecular flexibility index (Phi) is 4.84. The summed E-state index contributed by atoms with van der Waals surface area (Å²) in [5, 5.41) is 8.69. The highest BCUT2D eigenvalue weighted by Gasteiger charge is 2.22. The van der Waals surface area contributed by atoms with Crippen molar-refractivity contribution in [2.24, 2.45) is 0 Å². The van der Waals surface area contributed by atoms with E-state index in [1.807, 2.05) is 6.07 Å². The molecule has 0 spiro atoms. The summed E-state index contributed by atoms with van der Waals surface area (Å²) in [4.78, 5) is 12.9. The molecular formula is C14H20N2O4S. The van der Waals surface area contributed by atoms with E-state index in [9.17, 15) is 13.2 Å². The molecule has 2 rings (SSSR count). The van der Waals surface area contributed by atoms with Crippen LogP contribution in [0.5, 0.6) is 0 Å². The molecule has 1 aromatic rings. The van der Waals surface area contributed by atoms with E-state index >= 15 is 0 Å². The number of carboxylic acids is 1. The summed E-state index contributed by atoms with van der Waals surface area (Å²) in [6.45, 7) is 3.52. The maximum absolute atomic E-state index is 12.0. The molecule has 0 aliphatic carbocycles. The summed E-state index contributed by atoms with van der Waals surface area (Å²) < 4.78 is 26.5. The van der Waals surface area contributed by atoms with Crippen LogP contribution < -0.4 is 9.62 Å². The second kappa shape index (κ2) is 6.44. The van der Waals surface area contributed by atoms with Crippen molar-refractivity contribution >= 4 is 21.7 Å². The second-order valence-corrected chi connectivity index (χ2v) is 6.79. The highest BCUT2D eigenvalue weighted by molar-refractivity contribution is 7.89. The predicted octanol–water partition coefficient (Wildman–Crippen LogP) is 1.21. The van der Waals surface area contributed by atoms with Crippen molar-refractivity contribution in [2.45, 2.75) is 31.1 Å². The number of nitrogens with one attached hydrogen (secondary N) is 1. The Bertz CT molecular complexity index is 628. The Morgan fingerprint density at radius 1 is 1.43 bits per heavy atom. The monoisotopic (exact) mass is 312 g/mol. The van der Waals surface area contributed by atoms with Crippen molar-refractivity contribution in [3.63, 3.8) is 0 Å². The number of benzene rings is 1. The third-order valence-electron chi connectivity index (χ3n) is 3.51. The lowest BCUT2D eigenvalue weighted by Gasteiger charge is -2.19. The number of hydrogen-bond donors (Lipinski definition) is 2. The molecular weight excluding hydrogens is 292 g/mol. The fraction of sp³-hybridized carbons (Fsp3) is 0.500. The van der Waals surface area contributed by atoms with Gasteiger partial charge in [0.2, 0.25) is 10.0 Å². The van der Waals surface area contributed by atoms with Gasteiger partial charge in [-0.05, 0) is 30.5 Å². The minimum Gasteiger partial charge on any atom is -0.481 e. The molecule has 0 bridgehead atoms. The van der Waals surface area contributed by atoms with Crippen LogP contribution in [0.2, 0.25) is 0 Å². The largest absolute Gasteiger partial charge is 0.481 e. The van der Waals surface area contributed by atoms with E-state index in [2.05, 4.69) is 9.62 Å². The van der Waals surface area contributed by atoms with Crippen LogP contribution in [0.4, 0.5) is 5.69 Å². The third kappa shape index (κ3) is 3.74. The lowest BCUT2D eigenvalue weighted by molar-refractivity contribution is -0.137. The van der Waals surface area contributed by atoms with E-state index in [4.69, 9.17) is 5.11 Å². The first kappa shape index (κ1) is 15.8. The number of sulfonamides is 1. The molecule has 0 radical (unpaired) electrons. The number of nitrogens with zero attached hydrogens (tertiary/aromatic N) is 1. The first-order valence-corrected chi connectivity index (χ1v) is 8.51. The average Bonchev–Trinajstić information content (AvgIpc) is 2.81. The summed E-state index contributed by atoms with van der Waals surface area (Å²) in [6.07, 6.45) is 1.55. The van der Waals surface area contributed by atoms with Crippen molar-refractivity contribution < 1.29 is 18.3 Å². The number of anilines is 1. The van der Waals surface area contributed by atoms with Crippen LogP contribution >= 0.6 is 0 Å². The van der Waals surface area contributed by atoms with Gasteiger partial charge in [0, 0.05) is 31.7 Å². The molecule has 1 aliphatic rings. The number of hydrogen-bond acceptors (Lipinski definition) is 4. The van der Waals surface area contributed by atoms with Crippen LogP contribution in [0.3, 0.4) is 0 Å². The van der Waals surface area contributed by atoms with E-state index < -0.39 is 16.0 Å². The van der Waals surface area contributed by atoms with Gasteiger partial charge >= 0.3 is 5.97 Å². The maximum Gasteiger partial charge on any atom is 0.303 e. The molecule has 0 atom stereocenters. The fourth-order valence-electron chi connectivity index (χ4n) is 2.52. The summed E-state index contributed by atoms with van der Waals surface area (Å²) in [6, 6.07) is 5.15. The van der Waals surface area contributed by atoms with Crippen molar-refractivity contribution in [2.75, 3.05) is 24.5 Å². The normalized spacial score (nSPS) is 14.2. The number of carboxylic acid groups (broad SMARTS) is 1. The third-order valence-corrected chi connectivity index (χ3v) is 5.06. The quantitative estimate of drug-likeness (QED) is 0.790. The zero-order valence-electron chi connectivity index (χ0n) is 12.0. The van der Waals surface area contributed by atoms with E-state index in [0.717, 1.165) is 24.2 Å². The van der Waals surface area contributed by atoms with Gasteiger partial charge in [0.25, 0.3) is 0 Å². The van der Waals surface area contributed by atoms with Crippen LogP contribution in [0.1, 0.15) is 25.3 Å². The molecule has 6 nitrogen and oxygen atoms in total. The molecule has 7 heteroatoms. The molecule has 0 amide bonds. The smallest absolute Gasteiger partial charge is 0.303 e. The van der Waals surface area contributed by atoms with E-state index in [1.165, 1.54) is 0 Å². The topological polar surface area (TPSA) is 86.7 Å². The minimum absolute atomic E-state index is 0.126. The number of aliphatic carboxylic acids is 1. The molecule has 0 fully saturated rings. The van der Waals surface area contributed by atoms with E-state index in [-0.39, 0.29) is 11.3 Å². The lowest BCUT2D eigenvalue weighted by Crippen LogP contribution is -2.24. The molecule has 21 heavy (non-hydrogen) atoms. The second-order valence-electron chi connectivity index (χ2n) is 5.03. The number of fused-ring (bicyclic) bond motifs is 1. The Morgan fingerprint density at radius 3 is 2.86 bits per heavy atom. The van der Waals surface area contributed by atoms with Crippen molar-refractivity contribution in [3.8, 4) is 0 Å². The van der Waals surface area contributed by atoms with E-state index in [1.54, 1.807) is 19.1 Å². The fourth-order valence-corrected chi connectivity index (χ4v) is 3.58. The SMILES string of the molecule is CCNS(=O)(=O)c1ccc2c(c1)N(CCCC(=O)O)CC2. The van der Waals surface area contributed by atoms with Crippen LogP contribution in [-0.4, -0.2) is 39.1 Å². The molecule has 1 aliphatic heterocycles. The van der Waals surface area contributed by atoms with E-state index in [0.29, 0.717) is 19.5 Å². The van der Waals surface area contributed by atoms with Gasteiger partial charge in [-0.2, -0.15) is 0 Å². The van der Waals surface area contributed by atoms with Crippen molar-refractivity contribution in [1.29, 1.82) is 0 Å². The van der Waals surface area contributed by atoms with Crippen molar-refractivity contribution in [1.82, 2.24) is 4.72 Å². The average molecular weight is 312 g/mol. The van der Waals surface area contributed by atoms with Gasteiger partial charge in [-0.1, -0.05) is 13.0 Å². The number of rotatable bonds is 7. The molecule has 2 N–H and O–H groups in total. The minimum atomic E-state index is -3.46. The van der Waals surface area contributed by atoms with Gasteiger partial charge in [-0.25, -0.2) is 13.1 Å². The van der Waals surface area contributed by atoms with Crippen molar-refractivity contribution in [3.05, 3.63) is 23.8 Å². The van der Waals surface area contributed by atoms with Gasteiger partial charge in [-0.3, -0.25) is 4.79 Å². The van der Waals surface area contributed by atoms with Crippen LogP contribution in [0, 0.1) is 0 Å². The zero-order valence-corrected chi connectivity index (χ0v) is 12.8. The summed E-state index contributed by atoms with van der Waals surface area (Å²) in [7, 11) is -3.46. The molecule has 0 saturated heterocycles. The molecule has 0 unspecified atom stereocenters.